The number of hydrogen-bond donors (Lipinski definition) is 1. The van der Waals surface area contributed by atoms with Crippen molar-refractivity contribution in [3.63, 3.8) is 0 Å². The maximum absolute atomic E-state index is 13.0. The molecule has 0 saturated heterocycles. The Bertz CT molecular complexity index is 1230. The number of hydrogen-bond acceptors (Lipinski definition) is 5. The average Bonchev–Trinajstić information content (AvgIpc) is 3.10. The summed E-state index contributed by atoms with van der Waals surface area (Å²) < 4.78 is 30.4. The van der Waals surface area contributed by atoms with Crippen LogP contribution in [0.25, 0.3) is 22.2 Å². The first-order valence-electron chi connectivity index (χ1n) is 8.82. The second-order valence-electron chi connectivity index (χ2n) is 6.38. The summed E-state index contributed by atoms with van der Waals surface area (Å²) in [5.74, 6) is 0. The van der Waals surface area contributed by atoms with Crippen LogP contribution in [-0.2, 0) is 23.5 Å². The second kappa shape index (κ2) is 7.05. The normalized spacial score (nSPS) is 11.6. The van der Waals surface area contributed by atoms with Gasteiger partial charge in [-0.05, 0) is 36.2 Å². The maximum atomic E-state index is 13.0. The minimum atomic E-state index is -3.80. The number of benzene rings is 1. The molecule has 0 saturated carbocycles. The van der Waals surface area contributed by atoms with Gasteiger partial charge in [-0.15, -0.1) is 0 Å². The van der Waals surface area contributed by atoms with Crippen LogP contribution in [0.15, 0.2) is 66.1 Å². The summed E-state index contributed by atoms with van der Waals surface area (Å²) in [5.41, 5.74) is 3.77. The molecule has 7 nitrogen and oxygen atoms in total. The Hall–Kier alpha value is -3.26. The molecule has 4 rings (SSSR count). The van der Waals surface area contributed by atoms with Crippen LogP contribution >= 0.6 is 0 Å². The van der Waals surface area contributed by atoms with Crippen molar-refractivity contribution in [3.8, 4) is 11.3 Å². The molecule has 0 unspecified atom stereocenters. The molecule has 0 aliphatic carbocycles. The van der Waals surface area contributed by atoms with Crippen molar-refractivity contribution in [3.05, 3.63) is 66.7 Å². The Labute approximate surface area is 163 Å². The molecule has 0 aliphatic rings. The standard InChI is InChI=1S/C20H19N5O2S/c1-3-14-4-5-16-12-23-25(2)20(16)19(14)24-28(26,27)17-6-7-18(22-13-17)15-8-10-21-11-9-15/h4-13,24H,3H2,1-2H3. The van der Waals surface area contributed by atoms with Crippen molar-refractivity contribution in [2.75, 3.05) is 4.72 Å². The highest BCUT2D eigenvalue weighted by Gasteiger charge is 2.20. The third-order valence-corrected chi connectivity index (χ3v) is 5.96. The highest BCUT2D eigenvalue weighted by Crippen LogP contribution is 2.30. The SMILES string of the molecule is CCc1ccc2cnn(C)c2c1NS(=O)(=O)c1ccc(-c2ccncc2)nc1. The van der Waals surface area contributed by atoms with Crippen molar-refractivity contribution < 1.29 is 8.42 Å². The molecule has 3 aromatic heterocycles. The summed E-state index contributed by atoms with van der Waals surface area (Å²) >= 11 is 0. The predicted molar refractivity (Wildman–Crippen MR) is 108 cm³/mol. The Morgan fingerprint density at radius 3 is 2.50 bits per heavy atom. The third kappa shape index (κ3) is 3.22. The van der Waals surface area contributed by atoms with Gasteiger partial charge < -0.3 is 0 Å². The van der Waals surface area contributed by atoms with Crippen LogP contribution < -0.4 is 4.72 Å². The first kappa shape index (κ1) is 18.1. The van der Waals surface area contributed by atoms with Crippen LogP contribution in [0, 0.1) is 0 Å². The summed E-state index contributed by atoms with van der Waals surface area (Å²) in [5, 5.41) is 5.12. The smallest absolute Gasteiger partial charge is 0.263 e. The number of rotatable bonds is 5. The fraction of sp³-hybridized carbons (Fsp3) is 0.150. The van der Waals surface area contributed by atoms with Crippen molar-refractivity contribution in [1.29, 1.82) is 0 Å². The molecule has 4 aromatic rings. The lowest BCUT2D eigenvalue weighted by Gasteiger charge is -2.14. The fourth-order valence-corrected chi connectivity index (χ4v) is 4.20. The van der Waals surface area contributed by atoms with Gasteiger partial charge in [0, 0.05) is 36.6 Å². The van der Waals surface area contributed by atoms with E-state index < -0.39 is 10.0 Å². The topological polar surface area (TPSA) is 89.8 Å². The molecule has 28 heavy (non-hydrogen) atoms. The second-order valence-corrected chi connectivity index (χ2v) is 8.06. The van der Waals surface area contributed by atoms with Crippen molar-refractivity contribution in [2.45, 2.75) is 18.2 Å². The molecule has 0 atom stereocenters. The number of aromatic nitrogens is 4. The van der Waals surface area contributed by atoms with Crippen LogP contribution in [0.3, 0.4) is 0 Å². The number of fused-ring (bicyclic) bond motifs is 1. The Morgan fingerprint density at radius 1 is 1.04 bits per heavy atom. The summed E-state index contributed by atoms with van der Waals surface area (Å²) in [6.07, 6.45) is 7.12. The number of nitrogens with one attached hydrogen (secondary N) is 1. The number of aryl methyl sites for hydroxylation is 2. The van der Waals surface area contributed by atoms with Crippen LogP contribution in [-0.4, -0.2) is 28.2 Å². The van der Waals surface area contributed by atoms with E-state index in [0.29, 0.717) is 17.8 Å². The van der Waals surface area contributed by atoms with Gasteiger partial charge in [0.15, 0.2) is 0 Å². The maximum Gasteiger partial charge on any atom is 0.263 e. The molecule has 0 fully saturated rings. The lowest BCUT2D eigenvalue weighted by molar-refractivity contribution is 0.601. The summed E-state index contributed by atoms with van der Waals surface area (Å²) in [4.78, 5) is 8.39. The first-order valence-corrected chi connectivity index (χ1v) is 10.3. The van der Waals surface area contributed by atoms with Gasteiger partial charge in [-0.1, -0.05) is 19.1 Å². The van der Waals surface area contributed by atoms with E-state index in [1.54, 1.807) is 42.5 Å². The fourth-order valence-electron chi connectivity index (χ4n) is 3.14. The molecule has 0 amide bonds. The van der Waals surface area contributed by atoms with E-state index in [2.05, 4.69) is 19.8 Å². The molecule has 8 heteroatoms. The van der Waals surface area contributed by atoms with E-state index in [9.17, 15) is 8.42 Å². The molecule has 0 aliphatic heterocycles. The summed E-state index contributed by atoms with van der Waals surface area (Å²) in [7, 11) is -2.00. The predicted octanol–water partition coefficient (Wildman–Crippen LogP) is 3.39. The van der Waals surface area contributed by atoms with Gasteiger partial charge in [0.05, 0.1) is 23.1 Å². The van der Waals surface area contributed by atoms with Gasteiger partial charge >= 0.3 is 0 Å². The summed E-state index contributed by atoms with van der Waals surface area (Å²) in [6, 6.07) is 10.8. The van der Waals surface area contributed by atoms with E-state index in [4.69, 9.17) is 0 Å². The molecule has 0 radical (unpaired) electrons. The van der Waals surface area contributed by atoms with Gasteiger partial charge in [0.25, 0.3) is 10.0 Å². The molecule has 3 heterocycles. The van der Waals surface area contributed by atoms with Gasteiger partial charge in [-0.3, -0.25) is 19.4 Å². The molecular weight excluding hydrogens is 374 g/mol. The van der Waals surface area contributed by atoms with Gasteiger partial charge in [0.2, 0.25) is 0 Å². The zero-order valence-corrected chi connectivity index (χ0v) is 16.3. The number of pyridine rings is 2. The largest absolute Gasteiger partial charge is 0.277 e. The molecule has 0 spiro atoms. The van der Waals surface area contributed by atoms with Crippen molar-refractivity contribution >= 4 is 26.6 Å². The van der Waals surface area contributed by atoms with Crippen LogP contribution in [0.5, 0.6) is 0 Å². The van der Waals surface area contributed by atoms with Crippen molar-refractivity contribution in [1.82, 2.24) is 19.7 Å². The molecule has 142 valence electrons. The highest BCUT2D eigenvalue weighted by molar-refractivity contribution is 7.92. The lowest BCUT2D eigenvalue weighted by atomic mass is 10.1. The summed E-state index contributed by atoms with van der Waals surface area (Å²) in [6.45, 7) is 1.99. The molecule has 0 bridgehead atoms. The minimum absolute atomic E-state index is 0.103. The average molecular weight is 393 g/mol. The van der Waals surface area contributed by atoms with Crippen LogP contribution in [0.4, 0.5) is 5.69 Å². The van der Waals surface area contributed by atoms with Crippen LogP contribution in [0.2, 0.25) is 0 Å². The number of nitrogens with zero attached hydrogens (tertiary/aromatic N) is 4. The zero-order valence-electron chi connectivity index (χ0n) is 15.5. The van der Waals surface area contributed by atoms with E-state index in [-0.39, 0.29) is 4.90 Å². The Kier molecular flexibility index (Phi) is 4.56. The quantitative estimate of drug-likeness (QED) is 0.561. The number of anilines is 1. The number of sulfonamides is 1. The van der Waals surface area contributed by atoms with E-state index in [1.165, 1.54) is 6.20 Å². The minimum Gasteiger partial charge on any atom is -0.277 e. The van der Waals surface area contributed by atoms with Crippen molar-refractivity contribution in [2.24, 2.45) is 7.05 Å². The lowest BCUT2D eigenvalue weighted by Crippen LogP contribution is -2.15. The van der Waals surface area contributed by atoms with Crippen LogP contribution in [0.1, 0.15) is 12.5 Å². The Morgan fingerprint density at radius 2 is 1.82 bits per heavy atom. The molecular formula is C20H19N5O2S. The van der Waals surface area contributed by atoms with E-state index in [1.807, 2.05) is 31.2 Å². The first-order chi connectivity index (χ1) is 13.5. The van der Waals surface area contributed by atoms with E-state index in [0.717, 1.165) is 22.0 Å². The molecule has 1 aromatic carbocycles. The van der Waals surface area contributed by atoms with Gasteiger partial charge in [0.1, 0.15) is 4.90 Å². The molecule has 1 N–H and O–H groups in total. The zero-order chi connectivity index (χ0) is 19.7. The highest BCUT2D eigenvalue weighted by atomic mass is 32.2. The monoisotopic (exact) mass is 393 g/mol. The van der Waals surface area contributed by atoms with Gasteiger partial charge in [-0.25, -0.2) is 8.42 Å². The van der Waals surface area contributed by atoms with E-state index >= 15 is 0 Å². The third-order valence-electron chi connectivity index (χ3n) is 4.63. The van der Waals surface area contributed by atoms with Gasteiger partial charge in [-0.2, -0.15) is 5.10 Å². The Balaban J connectivity index is 1.72.